The Kier molecular flexibility index (Phi) is 2.61. The molecule has 0 radical (unpaired) electrons. The maximum Gasteiger partial charge on any atom is 0.335 e. The summed E-state index contributed by atoms with van der Waals surface area (Å²) in [4.78, 5) is 14.1. The smallest absolute Gasteiger partial charge is 0.335 e. The third-order valence-corrected chi connectivity index (χ3v) is 3.21. The standard InChI is InChI=1S/C15H12N2O3/c16-11-4-3-9(7-14(11)18)12-5-8-1-2-10(15(19)20)6-13(8)17-12/h1-7,17-18H,16H2,(H,19,20). The number of carbonyl (C=O) groups is 1. The largest absolute Gasteiger partial charge is 0.506 e. The number of aromatic carboxylic acids is 1. The lowest BCUT2D eigenvalue weighted by Gasteiger charge is -2.01. The van der Waals surface area contributed by atoms with Gasteiger partial charge in [0.25, 0.3) is 0 Å². The number of hydrogen-bond acceptors (Lipinski definition) is 3. The second-order valence-corrected chi connectivity index (χ2v) is 4.56. The van der Waals surface area contributed by atoms with Gasteiger partial charge in [-0.3, -0.25) is 0 Å². The Bertz CT molecular complexity index is 821. The molecule has 20 heavy (non-hydrogen) atoms. The number of phenolic OH excluding ortho intramolecular Hbond substituents is 1. The summed E-state index contributed by atoms with van der Waals surface area (Å²) in [5.41, 5.74) is 8.42. The van der Waals surface area contributed by atoms with Crippen LogP contribution < -0.4 is 5.73 Å². The highest BCUT2D eigenvalue weighted by Gasteiger charge is 2.08. The second kappa shape index (κ2) is 4.31. The molecule has 0 saturated carbocycles. The normalized spacial score (nSPS) is 10.8. The van der Waals surface area contributed by atoms with Crippen molar-refractivity contribution >= 4 is 22.6 Å². The fraction of sp³-hybridized carbons (Fsp3) is 0. The van der Waals surface area contributed by atoms with Gasteiger partial charge >= 0.3 is 5.97 Å². The van der Waals surface area contributed by atoms with Crippen molar-refractivity contribution in [3.63, 3.8) is 0 Å². The van der Waals surface area contributed by atoms with Gasteiger partial charge in [-0.25, -0.2) is 4.79 Å². The van der Waals surface area contributed by atoms with E-state index < -0.39 is 5.97 Å². The van der Waals surface area contributed by atoms with E-state index in [9.17, 15) is 9.90 Å². The Labute approximate surface area is 114 Å². The van der Waals surface area contributed by atoms with Crippen molar-refractivity contribution in [3.8, 4) is 17.0 Å². The number of nitrogen functional groups attached to an aromatic ring is 1. The number of carboxylic acid groups (broad SMARTS) is 1. The molecule has 5 heteroatoms. The zero-order valence-electron chi connectivity index (χ0n) is 10.4. The number of aromatic amines is 1. The lowest BCUT2D eigenvalue weighted by atomic mass is 10.1. The van der Waals surface area contributed by atoms with E-state index in [0.29, 0.717) is 5.69 Å². The minimum Gasteiger partial charge on any atom is -0.506 e. The van der Waals surface area contributed by atoms with Crippen LogP contribution in [0.1, 0.15) is 10.4 Å². The van der Waals surface area contributed by atoms with Crippen molar-refractivity contribution in [1.82, 2.24) is 4.98 Å². The predicted octanol–water partition coefficient (Wildman–Crippen LogP) is 2.82. The number of fused-ring (bicyclic) bond motifs is 1. The molecule has 0 amide bonds. The highest BCUT2D eigenvalue weighted by molar-refractivity contribution is 5.95. The average molecular weight is 268 g/mol. The molecule has 0 atom stereocenters. The highest BCUT2D eigenvalue weighted by atomic mass is 16.4. The van der Waals surface area contributed by atoms with E-state index in [2.05, 4.69) is 4.98 Å². The first-order chi connectivity index (χ1) is 9.54. The molecule has 0 spiro atoms. The molecule has 0 unspecified atom stereocenters. The average Bonchev–Trinajstić information content (AvgIpc) is 2.84. The van der Waals surface area contributed by atoms with E-state index in [1.807, 2.05) is 6.07 Å². The first-order valence-electron chi connectivity index (χ1n) is 5.99. The summed E-state index contributed by atoms with van der Waals surface area (Å²) >= 11 is 0. The summed E-state index contributed by atoms with van der Waals surface area (Å²) in [5.74, 6) is -0.944. The van der Waals surface area contributed by atoms with Gasteiger partial charge in [-0.05, 0) is 30.3 Å². The van der Waals surface area contributed by atoms with Crippen LogP contribution in [0.2, 0.25) is 0 Å². The number of aromatic hydroxyl groups is 1. The van der Waals surface area contributed by atoms with E-state index >= 15 is 0 Å². The van der Waals surface area contributed by atoms with Gasteiger partial charge in [0, 0.05) is 22.2 Å². The molecule has 5 nitrogen and oxygen atoms in total. The molecule has 3 aromatic rings. The number of nitrogens with one attached hydrogen (secondary N) is 1. The quantitative estimate of drug-likeness (QED) is 0.424. The van der Waals surface area contributed by atoms with Crippen molar-refractivity contribution in [2.45, 2.75) is 0 Å². The fourth-order valence-corrected chi connectivity index (χ4v) is 2.13. The van der Waals surface area contributed by atoms with Crippen LogP contribution in [0.15, 0.2) is 42.5 Å². The zero-order valence-corrected chi connectivity index (χ0v) is 10.4. The van der Waals surface area contributed by atoms with E-state index in [-0.39, 0.29) is 11.3 Å². The molecule has 0 fully saturated rings. The van der Waals surface area contributed by atoms with Gasteiger partial charge in [-0.2, -0.15) is 0 Å². The predicted molar refractivity (Wildman–Crippen MR) is 76.8 cm³/mol. The number of hydrogen-bond donors (Lipinski definition) is 4. The number of aromatic nitrogens is 1. The number of nitrogens with two attached hydrogens (primary N) is 1. The van der Waals surface area contributed by atoms with Gasteiger partial charge in [0.15, 0.2) is 0 Å². The van der Waals surface area contributed by atoms with Gasteiger partial charge < -0.3 is 20.9 Å². The Morgan fingerprint density at radius 1 is 1.10 bits per heavy atom. The van der Waals surface area contributed by atoms with Crippen LogP contribution in [0.4, 0.5) is 5.69 Å². The first-order valence-corrected chi connectivity index (χ1v) is 5.99. The summed E-state index contributed by atoms with van der Waals surface area (Å²) in [6.45, 7) is 0. The van der Waals surface area contributed by atoms with Crippen molar-refractivity contribution < 1.29 is 15.0 Å². The monoisotopic (exact) mass is 268 g/mol. The minimum atomic E-state index is -0.965. The SMILES string of the molecule is Nc1ccc(-c2cc3ccc(C(=O)O)cc3[nH]2)cc1O. The van der Waals surface area contributed by atoms with E-state index in [4.69, 9.17) is 10.8 Å². The maximum absolute atomic E-state index is 10.9. The molecule has 0 aliphatic carbocycles. The Morgan fingerprint density at radius 3 is 2.60 bits per heavy atom. The number of benzene rings is 2. The number of phenols is 1. The molecule has 5 N–H and O–H groups in total. The van der Waals surface area contributed by atoms with Gasteiger partial charge in [-0.1, -0.05) is 12.1 Å². The van der Waals surface area contributed by atoms with Crippen LogP contribution in [0.5, 0.6) is 5.75 Å². The van der Waals surface area contributed by atoms with Crippen molar-refractivity contribution in [3.05, 3.63) is 48.0 Å². The third-order valence-electron chi connectivity index (χ3n) is 3.21. The number of anilines is 1. The van der Waals surface area contributed by atoms with Gasteiger partial charge in [0.2, 0.25) is 0 Å². The molecule has 100 valence electrons. The molecular weight excluding hydrogens is 256 g/mol. The fourth-order valence-electron chi connectivity index (χ4n) is 2.13. The lowest BCUT2D eigenvalue weighted by Crippen LogP contribution is -1.94. The Balaban J connectivity index is 2.12. The van der Waals surface area contributed by atoms with Crippen LogP contribution in [0.25, 0.3) is 22.2 Å². The van der Waals surface area contributed by atoms with E-state index in [1.165, 1.54) is 0 Å². The van der Waals surface area contributed by atoms with Crippen molar-refractivity contribution in [1.29, 1.82) is 0 Å². The van der Waals surface area contributed by atoms with E-state index in [1.54, 1.807) is 36.4 Å². The van der Waals surface area contributed by atoms with Gasteiger partial charge in [-0.15, -0.1) is 0 Å². The molecule has 0 bridgehead atoms. The molecular formula is C15H12N2O3. The van der Waals surface area contributed by atoms with Crippen molar-refractivity contribution in [2.75, 3.05) is 5.73 Å². The summed E-state index contributed by atoms with van der Waals surface area (Å²) < 4.78 is 0. The maximum atomic E-state index is 10.9. The molecule has 0 aliphatic heterocycles. The van der Waals surface area contributed by atoms with Crippen LogP contribution >= 0.6 is 0 Å². The molecule has 1 heterocycles. The number of H-pyrrole nitrogens is 1. The van der Waals surface area contributed by atoms with Crippen LogP contribution in [0, 0.1) is 0 Å². The van der Waals surface area contributed by atoms with Crippen molar-refractivity contribution in [2.24, 2.45) is 0 Å². The molecule has 1 aromatic heterocycles. The highest BCUT2D eigenvalue weighted by Crippen LogP contribution is 2.29. The Hall–Kier alpha value is -2.95. The molecule has 0 saturated heterocycles. The van der Waals surface area contributed by atoms with Crippen LogP contribution in [-0.2, 0) is 0 Å². The first kappa shape index (κ1) is 12.1. The second-order valence-electron chi connectivity index (χ2n) is 4.56. The van der Waals surface area contributed by atoms with Gasteiger partial charge in [0.1, 0.15) is 5.75 Å². The van der Waals surface area contributed by atoms with Crippen LogP contribution in [0.3, 0.4) is 0 Å². The number of rotatable bonds is 2. The van der Waals surface area contributed by atoms with Gasteiger partial charge in [0.05, 0.1) is 11.3 Å². The molecule has 0 aliphatic rings. The minimum absolute atomic E-state index is 0.0207. The van der Waals surface area contributed by atoms with E-state index in [0.717, 1.165) is 22.2 Å². The Morgan fingerprint density at radius 2 is 1.90 bits per heavy atom. The summed E-state index contributed by atoms with van der Waals surface area (Å²) in [5, 5.41) is 19.5. The number of carboxylic acids is 1. The zero-order chi connectivity index (χ0) is 14.3. The molecule has 2 aromatic carbocycles. The topological polar surface area (TPSA) is 99.3 Å². The summed E-state index contributed by atoms with van der Waals surface area (Å²) in [6, 6.07) is 11.8. The van der Waals surface area contributed by atoms with Crippen LogP contribution in [-0.4, -0.2) is 21.2 Å². The summed E-state index contributed by atoms with van der Waals surface area (Å²) in [6.07, 6.45) is 0. The third kappa shape index (κ3) is 1.95. The molecule has 3 rings (SSSR count). The lowest BCUT2D eigenvalue weighted by molar-refractivity contribution is 0.0697. The summed E-state index contributed by atoms with van der Waals surface area (Å²) in [7, 11) is 0.